The predicted octanol–water partition coefficient (Wildman–Crippen LogP) is 3.03. The highest BCUT2D eigenvalue weighted by Gasteiger charge is 2.35. The van der Waals surface area contributed by atoms with Crippen molar-refractivity contribution in [2.75, 3.05) is 0 Å². The van der Waals surface area contributed by atoms with Crippen LogP contribution in [0.4, 0.5) is 0 Å². The van der Waals surface area contributed by atoms with E-state index in [1.807, 2.05) is 19.1 Å². The summed E-state index contributed by atoms with van der Waals surface area (Å²) in [6.07, 6.45) is 3.88. The van der Waals surface area contributed by atoms with Gasteiger partial charge in [0.25, 0.3) is 5.91 Å². The molecule has 1 aliphatic rings. The van der Waals surface area contributed by atoms with Gasteiger partial charge in [-0.2, -0.15) is 0 Å². The summed E-state index contributed by atoms with van der Waals surface area (Å²) in [4.78, 5) is 28.3. The first-order valence-corrected chi connectivity index (χ1v) is 7.93. The van der Waals surface area contributed by atoms with Crippen LogP contribution in [0.3, 0.4) is 0 Å². The first-order chi connectivity index (χ1) is 10.6. The van der Waals surface area contributed by atoms with Gasteiger partial charge in [-0.25, -0.2) is 4.79 Å². The maximum absolute atomic E-state index is 12.4. The molecule has 0 spiro atoms. The van der Waals surface area contributed by atoms with E-state index in [-0.39, 0.29) is 16.8 Å². The molecule has 2 heterocycles. The molecule has 1 aliphatic carbocycles. The number of nitrogens with zero attached hydrogens (tertiary/aromatic N) is 1. The van der Waals surface area contributed by atoms with Crippen LogP contribution < -0.4 is 5.32 Å². The Bertz CT molecular complexity index is 722. The summed E-state index contributed by atoms with van der Waals surface area (Å²) in [5, 5.41) is 12.0. The predicted molar refractivity (Wildman–Crippen MR) is 83.2 cm³/mol. The molecule has 2 aromatic rings. The molecule has 1 atom stereocenters. The van der Waals surface area contributed by atoms with Gasteiger partial charge in [0.2, 0.25) is 0 Å². The number of pyridine rings is 1. The first kappa shape index (κ1) is 14.7. The maximum Gasteiger partial charge on any atom is 0.345 e. The van der Waals surface area contributed by atoms with Crippen molar-refractivity contribution in [2.24, 2.45) is 5.92 Å². The summed E-state index contributed by atoms with van der Waals surface area (Å²) >= 11 is 0.991. The van der Waals surface area contributed by atoms with E-state index in [0.29, 0.717) is 10.8 Å². The van der Waals surface area contributed by atoms with Crippen molar-refractivity contribution in [2.45, 2.75) is 25.8 Å². The van der Waals surface area contributed by atoms with Gasteiger partial charge >= 0.3 is 5.97 Å². The fourth-order valence-electron chi connectivity index (χ4n) is 2.45. The SMILES string of the molecule is Cc1cccnc1[C@@H](NC(=O)c1ccc(C(=O)O)s1)C1CC1. The third kappa shape index (κ3) is 3.01. The van der Waals surface area contributed by atoms with Gasteiger partial charge < -0.3 is 10.4 Å². The molecule has 0 aromatic carbocycles. The van der Waals surface area contributed by atoms with Gasteiger partial charge in [0.15, 0.2) is 0 Å². The summed E-state index contributed by atoms with van der Waals surface area (Å²) in [6.45, 7) is 1.98. The van der Waals surface area contributed by atoms with Crippen LogP contribution in [0.2, 0.25) is 0 Å². The van der Waals surface area contributed by atoms with E-state index < -0.39 is 5.97 Å². The second kappa shape index (κ2) is 5.88. The minimum atomic E-state index is -1.01. The average molecular weight is 316 g/mol. The van der Waals surface area contributed by atoms with Crippen molar-refractivity contribution in [1.29, 1.82) is 0 Å². The zero-order valence-corrected chi connectivity index (χ0v) is 12.9. The molecule has 6 heteroatoms. The van der Waals surface area contributed by atoms with E-state index in [1.54, 1.807) is 12.3 Å². The van der Waals surface area contributed by atoms with E-state index in [1.165, 1.54) is 6.07 Å². The van der Waals surface area contributed by atoms with Crippen molar-refractivity contribution < 1.29 is 14.7 Å². The molecule has 5 nitrogen and oxygen atoms in total. The Morgan fingerprint density at radius 1 is 1.32 bits per heavy atom. The molecule has 0 unspecified atom stereocenters. The van der Waals surface area contributed by atoms with Gasteiger partial charge in [-0.05, 0) is 49.4 Å². The number of carbonyl (C=O) groups is 2. The Kier molecular flexibility index (Phi) is 3.94. The number of thiophene rings is 1. The number of nitrogens with one attached hydrogen (secondary N) is 1. The highest BCUT2D eigenvalue weighted by Crippen LogP contribution is 2.41. The minimum Gasteiger partial charge on any atom is -0.477 e. The number of aryl methyl sites for hydroxylation is 1. The Balaban J connectivity index is 1.80. The van der Waals surface area contributed by atoms with Crippen LogP contribution in [0.1, 0.15) is 49.5 Å². The monoisotopic (exact) mass is 316 g/mol. The smallest absolute Gasteiger partial charge is 0.345 e. The third-order valence-corrected chi connectivity index (χ3v) is 4.84. The fourth-order valence-corrected chi connectivity index (χ4v) is 3.20. The van der Waals surface area contributed by atoms with Crippen LogP contribution >= 0.6 is 11.3 Å². The highest BCUT2D eigenvalue weighted by molar-refractivity contribution is 7.15. The lowest BCUT2D eigenvalue weighted by atomic mass is 10.0. The summed E-state index contributed by atoms with van der Waals surface area (Å²) in [6, 6.07) is 6.77. The topological polar surface area (TPSA) is 79.3 Å². The molecule has 1 saturated carbocycles. The van der Waals surface area contributed by atoms with E-state index in [9.17, 15) is 9.59 Å². The summed E-state index contributed by atoms with van der Waals surface area (Å²) in [7, 11) is 0. The molecule has 0 saturated heterocycles. The van der Waals surface area contributed by atoms with E-state index in [4.69, 9.17) is 5.11 Å². The van der Waals surface area contributed by atoms with Gasteiger partial charge in [-0.3, -0.25) is 9.78 Å². The molecule has 2 N–H and O–H groups in total. The van der Waals surface area contributed by atoms with Gasteiger partial charge in [0.05, 0.1) is 16.6 Å². The normalized spacial score (nSPS) is 15.3. The van der Waals surface area contributed by atoms with Crippen LogP contribution in [-0.2, 0) is 0 Å². The molecular formula is C16H16N2O3S. The number of aromatic carboxylic acids is 1. The number of carboxylic acid groups (broad SMARTS) is 1. The van der Waals surface area contributed by atoms with Gasteiger partial charge in [-0.15, -0.1) is 11.3 Å². The molecule has 2 aromatic heterocycles. The lowest BCUT2D eigenvalue weighted by Crippen LogP contribution is -2.30. The first-order valence-electron chi connectivity index (χ1n) is 7.12. The van der Waals surface area contributed by atoms with Crippen LogP contribution in [0.15, 0.2) is 30.5 Å². The number of amides is 1. The number of aromatic nitrogens is 1. The summed E-state index contributed by atoms with van der Waals surface area (Å²) in [5.74, 6) is -0.834. The number of carbonyl (C=O) groups excluding carboxylic acids is 1. The molecular weight excluding hydrogens is 300 g/mol. The second-order valence-corrected chi connectivity index (χ2v) is 6.55. The molecule has 3 rings (SSSR count). The zero-order valence-electron chi connectivity index (χ0n) is 12.1. The lowest BCUT2D eigenvalue weighted by molar-refractivity contribution is 0.0702. The van der Waals surface area contributed by atoms with Crippen LogP contribution in [-0.4, -0.2) is 22.0 Å². The summed E-state index contributed by atoms with van der Waals surface area (Å²) < 4.78 is 0. The van der Waals surface area contributed by atoms with Crippen LogP contribution in [0.5, 0.6) is 0 Å². The number of hydrogen-bond donors (Lipinski definition) is 2. The Labute approximate surface area is 132 Å². The number of carboxylic acids is 1. The molecule has 1 amide bonds. The molecule has 114 valence electrons. The van der Waals surface area contributed by atoms with Crippen molar-refractivity contribution in [3.63, 3.8) is 0 Å². The van der Waals surface area contributed by atoms with E-state index in [0.717, 1.165) is 35.4 Å². The Hall–Kier alpha value is -2.21. The van der Waals surface area contributed by atoms with Gasteiger partial charge in [0.1, 0.15) is 4.88 Å². The quantitative estimate of drug-likeness (QED) is 0.888. The molecule has 0 radical (unpaired) electrons. The fraction of sp³-hybridized carbons (Fsp3) is 0.312. The van der Waals surface area contributed by atoms with E-state index in [2.05, 4.69) is 10.3 Å². The molecule has 22 heavy (non-hydrogen) atoms. The Morgan fingerprint density at radius 2 is 2.05 bits per heavy atom. The van der Waals surface area contributed by atoms with Crippen LogP contribution in [0, 0.1) is 12.8 Å². The summed E-state index contributed by atoms with van der Waals surface area (Å²) in [5.41, 5.74) is 1.95. The third-order valence-electron chi connectivity index (χ3n) is 3.77. The maximum atomic E-state index is 12.4. The van der Waals surface area contributed by atoms with Gasteiger partial charge in [-0.1, -0.05) is 6.07 Å². The Morgan fingerprint density at radius 3 is 2.64 bits per heavy atom. The standard InChI is InChI=1S/C16H16N2O3S/c1-9-3-2-8-17-13(9)14(10-4-5-10)18-15(19)11-6-7-12(22-11)16(20)21/h2-3,6-8,10,14H,4-5H2,1H3,(H,18,19)(H,20,21)/t14-/m0/s1. The number of rotatable bonds is 5. The minimum absolute atomic E-state index is 0.107. The highest BCUT2D eigenvalue weighted by atomic mass is 32.1. The largest absolute Gasteiger partial charge is 0.477 e. The molecule has 1 fully saturated rings. The van der Waals surface area contributed by atoms with Crippen molar-refractivity contribution in [1.82, 2.24) is 10.3 Å². The van der Waals surface area contributed by atoms with Crippen molar-refractivity contribution >= 4 is 23.2 Å². The van der Waals surface area contributed by atoms with E-state index >= 15 is 0 Å². The molecule has 0 bridgehead atoms. The zero-order chi connectivity index (χ0) is 15.7. The molecule has 0 aliphatic heterocycles. The average Bonchev–Trinajstić information content (AvgIpc) is 3.20. The second-order valence-electron chi connectivity index (χ2n) is 5.46. The van der Waals surface area contributed by atoms with Crippen molar-refractivity contribution in [3.8, 4) is 0 Å². The number of hydrogen-bond acceptors (Lipinski definition) is 4. The van der Waals surface area contributed by atoms with Gasteiger partial charge in [0, 0.05) is 6.20 Å². The van der Waals surface area contributed by atoms with Crippen molar-refractivity contribution in [3.05, 3.63) is 51.5 Å². The van der Waals surface area contributed by atoms with Crippen LogP contribution in [0.25, 0.3) is 0 Å². The lowest BCUT2D eigenvalue weighted by Gasteiger charge is -2.19.